The molecule has 72 valence electrons. The summed E-state index contributed by atoms with van der Waals surface area (Å²) in [6, 6.07) is 3.40. The maximum atomic E-state index is 8.58. The zero-order chi connectivity index (χ0) is 9.84. The Morgan fingerprint density at radius 1 is 1.54 bits per heavy atom. The van der Waals surface area contributed by atoms with Crippen molar-refractivity contribution >= 4 is 17.3 Å². The summed E-state index contributed by atoms with van der Waals surface area (Å²) in [6.45, 7) is 2.02. The summed E-state index contributed by atoms with van der Waals surface area (Å²) in [7, 11) is 0. The summed E-state index contributed by atoms with van der Waals surface area (Å²) in [4.78, 5) is 0. The van der Waals surface area contributed by atoms with Crippen molar-refractivity contribution in [3.8, 4) is 5.75 Å². The van der Waals surface area contributed by atoms with Gasteiger partial charge >= 0.3 is 0 Å². The van der Waals surface area contributed by atoms with Gasteiger partial charge in [0.05, 0.1) is 12.3 Å². The lowest BCUT2D eigenvalue weighted by Crippen LogP contribution is -2.05. The fraction of sp³-hybridized carbons (Fsp3) is 0.333. The Bertz CT molecular complexity index is 302. The van der Waals surface area contributed by atoms with E-state index in [0.717, 1.165) is 5.56 Å². The van der Waals surface area contributed by atoms with Gasteiger partial charge in [-0.3, -0.25) is 0 Å². The largest absolute Gasteiger partial charge is 0.489 e. The molecule has 3 nitrogen and oxygen atoms in total. The highest BCUT2D eigenvalue weighted by Gasteiger charge is 2.07. The Balaban J connectivity index is 2.96. The van der Waals surface area contributed by atoms with Gasteiger partial charge in [0.15, 0.2) is 0 Å². The first-order chi connectivity index (χ1) is 6.16. The highest BCUT2D eigenvalue weighted by atomic mass is 35.5. The van der Waals surface area contributed by atoms with Gasteiger partial charge in [-0.05, 0) is 19.1 Å². The van der Waals surface area contributed by atoms with Gasteiger partial charge in [0.1, 0.15) is 12.4 Å². The minimum absolute atomic E-state index is 0.0363. The van der Waals surface area contributed by atoms with E-state index in [2.05, 4.69) is 0 Å². The van der Waals surface area contributed by atoms with E-state index in [-0.39, 0.29) is 13.2 Å². The summed E-state index contributed by atoms with van der Waals surface area (Å²) in [6.07, 6.45) is 0. The maximum absolute atomic E-state index is 8.58. The van der Waals surface area contributed by atoms with Crippen molar-refractivity contribution in [3.63, 3.8) is 0 Å². The summed E-state index contributed by atoms with van der Waals surface area (Å²) in [5.41, 5.74) is 7.00. The van der Waals surface area contributed by atoms with Crippen LogP contribution in [0.1, 0.15) is 5.56 Å². The fourth-order valence-electron chi connectivity index (χ4n) is 1.03. The lowest BCUT2D eigenvalue weighted by molar-refractivity contribution is 0.201. The average Bonchev–Trinajstić information content (AvgIpc) is 2.12. The summed E-state index contributed by atoms with van der Waals surface area (Å²) < 4.78 is 5.24. The normalized spacial score (nSPS) is 10.1. The van der Waals surface area contributed by atoms with Crippen molar-refractivity contribution in [3.05, 3.63) is 22.7 Å². The van der Waals surface area contributed by atoms with Crippen molar-refractivity contribution in [2.45, 2.75) is 6.92 Å². The van der Waals surface area contributed by atoms with Crippen LogP contribution in [-0.4, -0.2) is 18.3 Å². The van der Waals surface area contributed by atoms with Crippen molar-refractivity contribution in [2.24, 2.45) is 0 Å². The van der Waals surface area contributed by atoms with Crippen LogP contribution in [-0.2, 0) is 0 Å². The number of ether oxygens (including phenoxy) is 1. The monoisotopic (exact) mass is 201 g/mol. The minimum Gasteiger partial charge on any atom is -0.489 e. The van der Waals surface area contributed by atoms with Crippen LogP contribution < -0.4 is 10.5 Å². The molecular weight excluding hydrogens is 190 g/mol. The number of halogens is 1. The van der Waals surface area contributed by atoms with E-state index in [1.165, 1.54) is 0 Å². The zero-order valence-corrected chi connectivity index (χ0v) is 8.14. The molecule has 0 amide bonds. The van der Waals surface area contributed by atoms with Crippen LogP contribution in [0.15, 0.2) is 12.1 Å². The quantitative estimate of drug-likeness (QED) is 0.731. The van der Waals surface area contributed by atoms with Crippen molar-refractivity contribution < 1.29 is 9.84 Å². The van der Waals surface area contributed by atoms with Crippen LogP contribution in [0.5, 0.6) is 5.75 Å². The van der Waals surface area contributed by atoms with Crippen LogP contribution in [0, 0.1) is 6.92 Å². The number of nitrogens with two attached hydrogens (primary N) is 1. The topological polar surface area (TPSA) is 55.5 Å². The molecule has 0 bridgehead atoms. The first kappa shape index (κ1) is 10.2. The second kappa shape index (κ2) is 4.35. The van der Waals surface area contributed by atoms with E-state index in [1.54, 1.807) is 12.1 Å². The van der Waals surface area contributed by atoms with Crippen LogP contribution in [0.3, 0.4) is 0 Å². The third-order valence-electron chi connectivity index (χ3n) is 1.71. The third kappa shape index (κ3) is 2.26. The molecule has 1 aromatic carbocycles. The van der Waals surface area contributed by atoms with Gasteiger partial charge < -0.3 is 15.6 Å². The highest BCUT2D eigenvalue weighted by Crippen LogP contribution is 2.31. The Morgan fingerprint density at radius 3 is 2.85 bits per heavy atom. The van der Waals surface area contributed by atoms with E-state index in [4.69, 9.17) is 27.2 Å². The van der Waals surface area contributed by atoms with E-state index < -0.39 is 0 Å². The molecule has 0 atom stereocenters. The summed E-state index contributed by atoms with van der Waals surface area (Å²) in [5.74, 6) is 0.557. The molecule has 0 fully saturated rings. The first-order valence-corrected chi connectivity index (χ1v) is 4.33. The van der Waals surface area contributed by atoms with Crippen LogP contribution in [0.4, 0.5) is 5.69 Å². The Hall–Kier alpha value is -0.930. The lowest BCUT2D eigenvalue weighted by atomic mass is 10.2. The van der Waals surface area contributed by atoms with Gasteiger partial charge in [-0.25, -0.2) is 0 Å². The molecule has 0 aromatic heterocycles. The highest BCUT2D eigenvalue weighted by molar-refractivity contribution is 6.31. The van der Waals surface area contributed by atoms with Gasteiger partial charge in [0.2, 0.25) is 0 Å². The SMILES string of the molecule is Cc1c(Cl)ccc(N)c1OCCO. The van der Waals surface area contributed by atoms with Crippen LogP contribution >= 0.6 is 11.6 Å². The van der Waals surface area contributed by atoms with Gasteiger partial charge in [0, 0.05) is 10.6 Å². The van der Waals surface area contributed by atoms with E-state index in [1.807, 2.05) is 6.92 Å². The fourth-order valence-corrected chi connectivity index (χ4v) is 1.18. The Labute approximate surface area is 82.1 Å². The number of rotatable bonds is 3. The number of hydrogen-bond acceptors (Lipinski definition) is 3. The average molecular weight is 202 g/mol. The second-order valence-corrected chi connectivity index (χ2v) is 3.07. The van der Waals surface area contributed by atoms with Crippen LogP contribution in [0.2, 0.25) is 5.02 Å². The van der Waals surface area contributed by atoms with Crippen molar-refractivity contribution in [1.29, 1.82) is 0 Å². The molecule has 0 heterocycles. The number of aliphatic hydroxyl groups is 1. The number of nitrogen functional groups attached to an aromatic ring is 1. The maximum Gasteiger partial charge on any atom is 0.146 e. The van der Waals surface area contributed by atoms with E-state index in [0.29, 0.717) is 16.5 Å². The Kier molecular flexibility index (Phi) is 3.39. The molecule has 0 unspecified atom stereocenters. The van der Waals surface area contributed by atoms with Gasteiger partial charge in [-0.1, -0.05) is 11.6 Å². The van der Waals surface area contributed by atoms with Gasteiger partial charge in [-0.2, -0.15) is 0 Å². The Morgan fingerprint density at radius 2 is 2.23 bits per heavy atom. The minimum atomic E-state index is -0.0363. The molecule has 1 aromatic rings. The number of anilines is 1. The second-order valence-electron chi connectivity index (χ2n) is 2.66. The van der Waals surface area contributed by atoms with Crippen LogP contribution in [0.25, 0.3) is 0 Å². The molecular formula is C9H12ClNO2. The first-order valence-electron chi connectivity index (χ1n) is 3.95. The molecule has 0 aliphatic rings. The summed E-state index contributed by atoms with van der Waals surface area (Å²) >= 11 is 5.87. The smallest absolute Gasteiger partial charge is 0.146 e. The van der Waals surface area contributed by atoms with Gasteiger partial charge in [0.25, 0.3) is 0 Å². The number of benzene rings is 1. The zero-order valence-electron chi connectivity index (χ0n) is 7.38. The predicted molar refractivity (Wildman–Crippen MR) is 53.2 cm³/mol. The molecule has 0 radical (unpaired) electrons. The lowest BCUT2D eigenvalue weighted by Gasteiger charge is -2.11. The molecule has 3 N–H and O–H groups in total. The molecule has 0 aliphatic carbocycles. The van der Waals surface area contributed by atoms with Gasteiger partial charge in [-0.15, -0.1) is 0 Å². The molecule has 13 heavy (non-hydrogen) atoms. The molecule has 0 saturated heterocycles. The molecule has 0 spiro atoms. The standard InChI is InChI=1S/C9H12ClNO2/c1-6-7(10)2-3-8(11)9(6)13-5-4-12/h2-3,12H,4-5,11H2,1H3. The summed E-state index contributed by atoms with van der Waals surface area (Å²) in [5, 5.41) is 9.19. The molecule has 0 aliphatic heterocycles. The molecule has 0 saturated carbocycles. The van der Waals surface area contributed by atoms with Crippen molar-refractivity contribution in [1.82, 2.24) is 0 Å². The number of aliphatic hydroxyl groups excluding tert-OH is 1. The predicted octanol–water partition coefficient (Wildman–Crippen LogP) is 1.60. The number of hydrogen-bond donors (Lipinski definition) is 2. The molecule has 4 heteroatoms. The third-order valence-corrected chi connectivity index (χ3v) is 2.12. The van der Waals surface area contributed by atoms with E-state index >= 15 is 0 Å². The van der Waals surface area contributed by atoms with Crippen molar-refractivity contribution in [2.75, 3.05) is 18.9 Å². The molecule has 1 rings (SSSR count). The van der Waals surface area contributed by atoms with E-state index in [9.17, 15) is 0 Å².